The van der Waals surface area contributed by atoms with E-state index in [0.29, 0.717) is 0 Å². The Morgan fingerprint density at radius 3 is 2.72 bits per heavy atom. The third-order valence-corrected chi connectivity index (χ3v) is 3.71. The highest BCUT2D eigenvalue weighted by Gasteiger charge is 2.13. The molecule has 0 saturated carbocycles. The monoisotopic (exact) mass is 266 g/mol. The first kappa shape index (κ1) is 15.1. The molecule has 0 fully saturated rings. The lowest BCUT2D eigenvalue weighted by molar-refractivity contribution is -0.120. The molecule has 0 aromatic heterocycles. The Hall–Kier alpha value is -1.00. The Morgan fingerprint density at radius 1 is 1.39 bits per heavy atom. The molecule has 0 saturated heterocycles. The van der Waals surface area contributed by atoms with E-state index in [1.54, 1.807) is 0 Å². The molecule has 0 aliphatic rings. The maximum atomic E-state index is 11.2. The van der Waals surface area contributed by atoms with E-state index in [9.17, 15) is 4.79 Å². The number of nitrogens with one attached hydrogen (secondary N) is 1. The van der Waals surface area contributed by atoms with Crippen molar-refractivity contribution in [3.05, 3.63) is 35.9 Å². The van der Waals surface area contributed by atoms with Crippen LogP contribution in [0.1, 0.15) is 25.3 Å². The van der Waals surface area contributed by atoms with Crippen molar-refractivity contribution in [3.8, 4) is 0 Å². The van der Waals surface area contributed by atoms with E-state index in [0.717, 1.165) is 30.9 Å². The van der Waals surface area contributed by atoms with Crippen molar-refractivity contribution in [2.75, 3.05) is 12.3 Å². The fourth-order valence-corrected chi connectivity index (χ4v) is 2.60. The van der Waals surface area contributed by atoms with Gasteiger partial charge in [0, 0.05) is 5.75 Å². The number of primary amides is 1. The molecule has 1 atom stereocenters. The van der Waals surface area contributed by atoms with Crippen molar-refractivity contribution >= 4 is 17.7 Å². The van der Waals surface area contributed by atoms with E-state index in [4.69, 9.17) is 5.73 Å². The van der Waals surface area contributed by atoms with Crippen LogP contribution in [0.4, 0.5) is 0 Å². The van der Waals surface area contributed by atoms with Gasteiger partial charge in [-0.05, 0) is 30.7 Å². The summed E-state index contributed by atoms with van der Waals surface area (Å²) in [6.07, 6.45) is 1.81. The summed E-state index contributed by atoms with van der Waals surface area (Å²) in [4.78, 5) is 11.2. The smallest absolute Gasteiger partial charge is 0.234 e. The molecule has 100 valence electrons. The molecule has 1 aromatic carbocycles. The molecule has 1 amide bonds. The Bertz CT molecular complexity index is 343. The SMILES string of the molecule is CCCNC(CCSCc1ccccc1)C(N)=O. The maximum absolute atomic E-state index is 11.2. The first-order valence-corrected chi connectivity index (χ1v) is 7.54. The van der Waals surface area contributed by atoms with Gasteiger partial charge in [0.2, 0.25) is 5.91 Å². The van der Waals surface area contributed by atoms with Crippen LogP contribution in [0.2, 0.25) is 0 Å². The van der Waals surface area contributed by atoms with Gasteiger partial charge in [0.25, 0.3) is 0 Å². The van der Waals surface area contributed by atoms with Crippen LogP contribution < -0.4 is 11.1 Å². The molecule has 0 spiro atoms. The number of carbonyl (C=O) groups excluding carboxylic acids is 1. The molecule has 0 bridgehead atoms. The fourth-order valence-electron chi connectivity index (χ4n) is 1.63. The van der Waals surface area contributed by atoms with Gasteiger partial charge in [0.1, 0.15) is 0 Å². The Balaban J connectivity index is 2.20. The van der Waals surface area contributed by atoms with Crippen LogP contribution >= 0.6 is 11.8 Å². The average molecular weight is 266 g/mol. The summed E-state index contributed by atoms with van der Waals surface area (Å²) in [5.74, 6) is 1.68. The predicted molar refractivity (Wildman–Crippen MR) is 78.5 cm³/mol. The second-order valence-corrected chi connectivity index (χ2v) is 5.34. The molecule has 0 aliphatic heterocycles. The lowest BCUT2D eigenvalue weighted by Gasteiger charge is -2.14. The summed E-state index contributed by atoms with van der Waals surface area (Å²) in [7, 11) is 0. The number of rotatable bonds is 9. The summed E-state index contributed by atoms with van der Waals surface area (Å²) >= 11 is 1.84. The van der Waals surface area contributed by atoms with Crippen LogP contribution in [0.3, 0.4) is 0 Å². The molecule has 3 nitrogen and oxygen atoms in total. The number of benzene rings is 1. The molecular formula is C14H22N2OS. The van der Waals surface area contributed by atoms with Crippen molar-refractivity contribution in [2.24, 2.45) is 5.73 Å². The zero-order valence-electron chi connectivity index (χ0n) is 10.9. The highest BCUT2D eigenvalue weighted by atomic mass is 32.2. The first-order valence-electron chi connectivity index (χ1n) is 6.38. The molecule has 0 radical (unpaired) electrons. The Morgan fingerprint density at radius 2 is 2.11 bits per heavy atom. The van der Waals surface area contributed by atoms with E-state index in [1.807, 2.05) is 30.0 Å². The standard InChI is InChI=1S/C14H22N2OS/c1-2-9-16-13(14(15)17)8-10-18-11-12-6-4-3-5-7-12/h3-7,13,16H,2,8-11H2,1H3,(H2,15,17). The number of thioether (sulfide) groups is 1. The second kappa shape index (κ2) is 9.00. The number of carbonyl (C=O) groups is 1. The van der Waals surface area contributed by atoms with Crippen LogP contribution in [0.15, 0.2) is 30.3 Å². The van der Waals surface area contributed by atoms with Crippen molar-refractivity contribution in [2.45, 2.75) is 31.6 Å². The minimum atomic E-state index is -0.247. The topological polar surface area (TPSA) is 55.1 Å². The van der Waals surface area contributed by atoms with Crippen LogP contribution in [0.5, 0.6) is 0 Å². The third kappa shape index (κ3) is 6.07. The van der Waals surface area contributed by atoms with Gasteiger partial charge in [-0.3, -0.25) is 4.79 Å². The lowest BCUT2D eigenvalue weighted by atomic mass is 10.2. The first-order chi connectivity index (χ1) is 8.74. The van der Waals surface area contributed by atoms with Gasteiger partial charge in [-0.1, -0.05) is 37.3 Å². The van der Waals surface area contributed by atoms with Crippen LogP contribution in [-0.4, -0.2) is 24.2 Å². The highest BCUT2D eigenvalue weighted by Crippen LogP contribution is 2.13. The predicted octanol–water partition coefficient (Wildman–Crippen LogP) is 2.16. The van der Waals surface area contributed by atoms with Crippen molar-refractivity contribution in [1.82, 2.24) is 5.32 Å². The van der Waals surface area contributed by atoms with E-state index in [2.05, 4.69) is 24.4 Å². The molecule has 18 heavy (non-hydrogen) atoms. The van der Waals surface area contributed by atoms with Crippen molar-refractivity contribution in [3.63, 3.8) is 0 Å². The fraction of sp³-hybridized carbons (Fsp3) is 0.500. The lowest BCUT2D eigenvalue weighted by Crippen LogP contribution is -2.41. The zero-order chi connectivity index (χ0) is 13.2. The number of hydrogen-bond acceptors (Lipinski definition) is 3. The minimum absolute atomic E-state index is 0.187. The number of amides is 1. The van der Waals surface area contributed by atoms with Crippen molar-refractivity contribution in [1.29, 1.82) is 0 Å². The van der Waals surface area contributed by atoms with Gasteiger partial charge in [-0.15, -0.1) is 0 Å². The molecule has 0 heterocycles. The molecular weight excluding hydrogens is 244 g/mol. The average Bonchev–Trinajstić information content (AvgIpc) is 2.38. The highest BCUT2D eigenvalue weighted by molar-refractivity contribution is 7.98. The summed E-state index contributed by atoms with van der Waals surface area (Å²) in [5.41, 5.74) is 6.68. The maximum Gasteiger partial charge on any atom is 0.234 e. The van der Waals surface area contributed by atoms with Gasteiger partial charge in [0.05, 0.1) is 6.04 Å². The summed E-state index contributed by atoms with van der Waals surface area (Å²) in [5, 5.41) is 3.18. The summed E-state index contributed by atoms with van der Waals surface area (Å²) in [6, 6.07) is 10.2. The van der Waals surface area contributed by atoms with E-state index in [1.165, 1.54) is 5.56 Å². The van der Waals surface area contributed by atoms with E-state index < -0.39 is 0 Å². The second-order valence-electron chi connectivity index (χ2n) is 4.24. The summed E-state index contributed by atoms with van der Waals surface area (Å²) in [6.45, 7) is 2.92. The Labute approximate surface area is 114 Å². The molecule has 0 aliphatic carbocycles. The minimum Gasteiger partial charge on any atom is -0.368 e. The van der Waals surface area contributed by atoms with Crippen LogP contribution in [0.25, 0.3) is 0 Å². The van der Waals surface area contributed by atoms with E-state index >= 15 is 0 Å². The van der Waals surface area contributed by atoms with Crippen LogP contribution in [-0.2, 0) is 10.5 Å². The van der Waals surface area contributed by atoms with Gasteiger partial charge < -0.3 is 11.1 Å². The molecule has 3 N–H and O–H groups in total. The van der Waals surface area contributed by atoms with Gasteiger partial charge >= 0.3 is 0 Å². The van der Waals surface area contributed by atoms with Gasteiger partial charge in [-0.2, -0.15) is 11.8 Å². The number of hydrogen-bond donors (Lipinski definition) is 2. The van der Waals surface area contributed by atoms with Gasteiger partial charge in [-0.25, -0.2) is 0 Å². The third-order valence-electron chi connectivity index (χ3n) is 2.65. The molecule has 4 heteroatoms. The Kier molecular flexibility index (Phi) is 7.53. The quantitative estimate of drug-likeness (QED) is 0.673. The van der Waals surface area contributed by atoms with E-state index in [-0.39, 0.29) is 11.9 Å². The van der Waals surface area contributed by atoms with Crippen LogP contribution in [0, 0.1) is 0 Å². The zero-order valence-corrected chi connectivity index (χ0v) is 11.7. The summed E-state index contributed by atoms with van der Waals surface area (Å²) < 4.78 is 0. The van der Waals surface area contributed by atoms with Crippen molar-refractivity contribution < 1.29 is 4.79 Å². The molecule has 1 aromatic rings. The molecule has 1 unspecified atom stereocenters. The largest absolute Gasteiger partial charge is 0.368 e. The number of nitrogens with two attached hydrogens (primary N) is 1. The normalized spacial score (nSPS) is 12.3. The molecule has 1 rings (SSSR count). The van der Waals surface area contributed by atoms with Gasteiger partial charge in [0.15, 0.2) is 0 Å².